The molecule has 0 spiro atoms. The van der Waals surface area contributed by atoms with E-state index < -0.39 is 0 Å². The molecule has 0 saturated heterocycles. The molecule has 0 saturated carbocycles. The molecule has 0 aliphatic heterocycles. The normalized spacial score (nSPS) is 10.8. The predicted molar refractivity (Wildman–Crippen MR) is 99.7 cm³/mol. The molecule has 27 heavy (non-hydrogen) atoms. The minimum atomic E-state index is -0.294. The number of carbonyl (C=O) groups is 1. The number of carbonyl (C=O) groups excluding carboxylic acids is 1. The van der Waals surface area contributed by atoms with Gasteiger partial charge in [-0.3, -0.25) is 9.59 Å². The molecule has 0 unspecified atom stereocenters. The molecule has 3 heterocycles. The van der Waals surface area contributed by atoms with Gasteiger partial charge in [0.2, 0.25) is 0 Å². The van der Waals surface area contributed by atoms with Crippen LogP contribution in [0.25, 0.3) is 16.7 Å². The van der Waals surface area contributed by atoms with E-state index in [9.17, 15) is 9.59 Å². The predicted octanol–water partition coefficient (Wildman–Crippen LogP) is 1.41. The van der Waals surface area contributed by atoms with Crippen LogP contribution in [-0.2, 0) is 6.54 Å². The van der Waals surface area contributed by atoms with Crippen LogP contribution in [0.3, 0.4) is 0 Å². The number of amides is 1. The van der Waals surface area contributed by atoms with Crippen molar-refractivity contribution >= 4 is 16.8 Å². The third-order valence-electron chi connectivity index (χ3n) is 4.03. The maximum absolute atomic E-state index is 12.3. The summed E-state index contributed by atoms with van der Waals surface area (Å²) in [6.45, 7) is 0.496. The Labute approximate surface area is 154 Å². The molecule has 0 aliphatic rings. The second-order valence-corrected chi connectivity index (χ2v) is 5.85. The highest BCUT2D eigenvalue weighted by molar-refractivity contribution is 5.94. The molecule has 4 aromatic rings. The number of pyridine rings is 1. The summed E-state index contributed by atoms with van der Waals surface area (Å²) < 4.78 is 2.86. The summed E-state index contributed by atoms with van der Waals surface area (Å²) in [5, 5.41) is 12.1. The first-order chi connectivity index (χ1) is 13.2. The van der Waals surface area contributed by atoms with Crippen molar-refractivity contribution in [3.63, 3.8) is 0 Å². The number of nitrogens with zero attached hydrogens (tertiary/aromatic N) is 5. The van der Waals surface area contributed by atoms with Crippen molar-refractivity contribution in [2.24, 2.45) is 0 Å². The minimum Gasteiger partial charge on any atom is -0.349 e. The van der Waals surface area contributed by atoms with Gasteiger partial charge in [0.1, 0.15) is 5.69 Å². The molecular weight excluding hydrogens is 344 g/mol. The van der Waals surface area contributed by atoms with E-state index in [1.165, 1.54) is 10.7 Å². The van der Waals surface area contributed by atoms with Gasteiger partial charge in [-0.05, 0) is 24.3 Å². The van der Waals surface area contributed by atoms with Crippen molar-refractivity contribution < 1.29 is 4.79 Å². The molecule has 8 heteroatoms. The Morgan fingerprint density at radius 2 is 1.93 bits per heavy atom. The van der Waals surface area contributed by atoms with Crippen LogP contribution in [-0.4, -0.2) is 37.0 Å². The molecule has 1 aromatic carbocycles. The standard InChI is InChI=1S/C19H16N6O2/c26-18-9-8-17(24-12-3-10-21-24)23-25(18)13-11-20-19(27)16-7-6-14-4-1-2-5-15(14)22-16/h1-10,12H,11,13H2,(H,20,27). The van der Waals surface area contributed by atoms with Crippen LogP contribution in [0.5, 0.6) is 0 Å². The number of hydrogen-bond donors (Lipinski definition) is 1. The lowest BCUT2D eigenvalue weighted by Crippen LogP contribution is -2.32. The summed E-state index contributed by atoms with van der Waals surface area (Å²) in [7, 11) is 0. The topological polar surface area (TPSA) is 94.7 Å². The van der Waals surface area contributed by atoms with E-state index in [1.54, 1.807) is 35.3 Å². The van der Waals surface area contributed by atoms with Gasteiger partial charge in [-0.1, -0.05) is 24.3 Å². The number of aromatic nitrogens is 5. The number of para-hydroxylation sites is 1. The van der Waals surface area contributed by atoms with Gasteiger partial charge in [-0.25, -0.2) is 14.3 Å². The van der Waals surface area contributed by atoms with Crippen LogP contribution >= 0.6 is 0 Å². The maximum Gasteiger partial charge on any atom is 0.269 e. The molecule has 0 aliphatic carbocycles. The monoisotopic (exact) mass is 360 g/mol. The molecular formula is C19H16N6O2. The smallest absolute Gasteiger partial charge is 0.269 e. The van der Waals surface area contributed by atoms with Gasteiger partial charge in [0.15, 0.2) is 5.82 Å². The average molecular weight is 360 g/mol. The number of rotatable bonds is 5. The Kier molecular flexibility index (Phi) is 4.44. The molecule has 4 rings (SSSR count). The molecule has 0 atom stereocenters. The van der Waals surface area contributed by atoms with E-state index in [-0.39, 0.29) is 24.6 Å². The van der Waals surface area contributed by atoms with Crippen LogP contribution < -0.4 is 10.9 Å². The van der Waals surface area contributed by atoms with Crippen LogP contribution in [0.2, 0.25) is 0 Å². The fraction of sp³-hybridized carbons (Fsp3) is 0.105. The van der Waals surface area contributed by atoms with E-state index in [0.717, 1.165) is 10.9 Å². The zero-order chi connectivity index (χ0) is 18.6. The van der Waals surface area contributed by atoms with Crippen molar-refractivity contribution in [2.75, 3.05) is 6.54 Å². The summed E-state index contributed by atoms with van der Waals surface area (Å²) in [4.78, 5) is 28.7. The summed E-state index contributed by atoms with van der Waals surface area (Å²) >= 11 is 0. The molecule has 0 bridgehead atoms. The quantitative estimate of drug-likeness (QED) is 0.581. The van der Waals surface area contributed by atoms with E-state index in [0.29, 0.717) is 11.5 Å². The van der Waals surface area contributed by atoms with Crippen molar-refractivity contribution in [1.82, 2.24) is 29.9 Å². The van der Waals surface area contributed by atoms with Gasteiger partial charge < -0.3 is 5.32 Å². The Hall–Kier alpha value is -3.81. The summed E-state index contributed by atoms with van der Waals surface area (Å²) in [5.74, 6) is 0.235. The zero-order valence-corrected chi connectivity index (χ0v) is 14.3. The second-order valence-electron chi connectivity index (χ2n) is 5.85. The molecule has 3 aromatic heterocycles. The number of fused-ring (bicyclic) bond motifs is 1. The van der Waals surface area contributed by atoms with Crippen LogP contribution in [0.15, 0.2) is 71.8 Å². The fourth-order valence-electron chi connectivity index (χ4n) is 2.68. The van der Waals surface area contributed by atoms with Gasteiger partial charge >= 0.3 is 0 Å². The number of nitrogens with one attached hydrogen (secondary N) is 1. The Bertz CT molecular complexity index is 1150. The third-order valence-corrected chi connectivity index (χ3v) is 4.03. The zero-order valence-electron chi connectivity index (χ0n) is 14.3. The molecule has 0 fully saturated rings. The van der Waals surface area contributed by atoms with Crippen molar-refractivity contribution in [3.8, 4) is 5.82 Å². The first kappa shape index (κ1) is 16.6. The largest absolute Gasteiger partial charge is 0.349 e. The lowest BCUT2D eigenvalue weighted by molar-refractivity contribution is 0.0947. The second kappa shape index (κ2) is 7.20. The SMILES string of the molecule is O=C(NCCn1nc(-n2cccn2)ccc1=O)c1ccc2ccccc2n1. The van der Waals surface area contributed by atoms with Crippen molar-refractivity contribution in [1.29, 1.82) is 0 Å². The van der Waals surface area contributed by atoms with Crippen LogP contribution in [0, 0.1) is 0 Å². The summed E-state index contributed by atoms with van der Waals surface area (Å²) in [6.07, 6.45) is 3.37. The van der Waals surface area contributed by atoms with Gasteiger partial charge in [-0.15, -0.1) is 5.10 Å². The summed E-state index contributed by atoms with van der Waals surface area (Å²) in [5.41, 5.74) is 0.846. The Balaban J connectivity index is 1.44. The number of hydrogen-bond acceptors (Lipinski definition) is 5. The van der Waals surface area contributed by atoms with Crippen molar-refractivity contribution in [3.05, 3.63) is 83.0 Å². The van der Waals surface area contributed by atoms with Crippen molar-refractivity contribution in [2.45, 2.75) is 6.54 Å². The summed E-state index contributed by atoms with van der Waals surface area (Å²) in [6, 6.07) is 15.9. The molecule has 1 amide bonds. The van der Waals surface area contributed by atoms with E-state index in [1.807, 2.05) is 30.3 Å². The van der Waals surface area contributed by atoms with Gasteiger partial charge in [0.25, 0.3) is 11.5 Å². The van der Waals surface area contributed by atoms with E-state index in [4.69, 9.17) is 0 Å². The first-order valence-corrected chi connectivity index (χ1v) is 8.43. The van der Waals surface area contributed by atoms with E-state index in [2.05, 4.69) is 20.5 Å². The molecule has 1 N–H and O–H groups in total. The first-order valence-electron chi connectivity index (χ1n) is 8.43. The molecule has 8 nitrogen and oxygen atoms in total. The lowest BCUT2D eigenvalue weighted by atomic mass is 10.2. The van der Waals surface area contributed by atoms with Crippen LogP contribution in [0.1, 0.15) is 10.5 Å². The highest BCUT2D eigenvalue weighted by atomic mass is 16.2. The van der Waals surface area contributed by atoms with Gasteiger partial charge in [0, 0.05) is 30.4 Å². The average Bonchev–Trinajstić information content (AvgIpc) is 3.24. The lowest BCUT2D eigenvalue weighted by Gasteiger charge is -2.08. The minimum absolute atomic E-state index is 0.243. The Morgan fingerprint density at radius 3 is 2.78 bits per heavy atom. The third kappa shape index (κ3) is 3.59. The highest BCUT2D eigenvalue weighted by Gasteiger charge is 2.08. The van der Waals surface area contributed by atoms with Gasteiger partial charge in [-0.2, -0.15) is 5.10 Å². The van der Waals surface area contributed by atoms with Gasteiger partial charge in [0.05, 0.1) is 12.1 Å². The number of benzene rings is 1. The maximum atomic E-state index is 12.3. The highest BCUT2D eigenvalue weighted by Crippen LogP contribution is 2.11. The van der Waals surface area contributed by atoms with Crippen LogP contribution in [0.4, 0.5) is 0 Å². The molecule has 0 radical (unpaired) electrons. The van der Waals surface area contributed by atoms with E-state index >= 15 is 0 Å². The Morgan fingerprint density at radius 1 is 1.04 bits per heavy atom. The molecule has 134 valence electrons. The fourth-order valence-corrected chi connectivity index (χ4v) is 2.68.